The number of hydrogen-bond donors (Lipinski definition) is 1. The fraction of sp³-hybridized carbons (Fsp3) is 0.100. The van der Waals surface area contributed by atoms with Gasteiger partial charge in [0.15, 0.2) is 0 Å². The Morgan fingerprint density at radius 3 is 2.31 bits per heavy atom. The molecule has 2 amide bonds. The smallest absolute Gasteiger partial charge is 0.346 e. The zero-order valence-electron chi connectivity index (χ0n) is 8.26. The first-order chi connectivity index (χ1) is 7.50. The molecule has 2 rings (SSSR count). The summed E-state index contributed by atoms with van der Waals surface area (Å²) in [4.78, 5) is 34.6. The lowest BCUT2D eigenvalue weighted by Crippen LogP contribution is -2.28. The van der Waals surface area contributed by atoms with Gasteiger partial charge in [0.25, 0.3) is 11.8 Å². The van der Waals surface area contributed by atoms with Crippen molar-refractivity contribution in [2.24, 2.45) is 0 Å². The van der Waals surface area contributed by atoms with Crippen molar-refractivity contribution < 1.29 is 19.5 Å². The average molecular weight is 237 g/mol. The molecule has 6 heteroatoms. The van der Waals surface area contributed by atoms with E-state index in [0.717, 1.165) is 28.4 Å². The van der Waals surface area contributed by atoms with Gasteiger partial charge in [-0.1, -0.05) is 0 Å². The van der Waals surface area contributed by atoms with Crippen LogP contribution in [0.4, 0.5) is 5.00 Å². The van der Waals surface area contributed by atoms with Crippen LogP contribution in [0.3, 0.4) is 0 Å². The Bertz CT molecular complexity index is 511. The van der Waals surface area contributed by atoms with E-state index >= 15 is 0 Å². The second-order valence-corrected chi connectivity index (χ2v) is 4.28. The summed E-state index contributed by atoms with van der Waals surface area (Å²) in [5.74, 6) is -1.94. The number of aromatic carboxylic acids is 1. The summed E-state index contributed by atoms with van der Waals surface area (Å²) in [7, 11) is 0. The largest absolute Gasteiger partial charge is 0.477 e. The number of hydrogen-bond acceptors (Lipinski definition) is 4. The van der Waals surface area contributed by atoms with Crippen molar-refractivity contribution in [3.8, 4) is 0 Å². The number of carboxylic acids is 1. The van der Waals surface area contributed by atoms with Crippen molar-refractivity contribution >= 4 is 34.1 Å². The first-order valence-electron chi connectivity index (χ1n) is 4.40. The van der Waals surface area contributed by atoms with Gasteiger partial charge in [0.05, 0.1) is 0 Å². The number of carboxylic acid groups (broad SMARTS) is 1. The minimum Gasteiger partial charge on any atom is -0.477 e. The van der Waals surface area contributed by atoms with Crippen molar-refractivity contribution in [3.63, 3.8) is 0 Å². The molecule has 2 heterocycles. The van der Waals surface area contributed by atoms with E-state index in [1.807, 2.05) is 0 Å². The topological polar surface area (TPSA) is 74.7 Å². The average Bonchev–Trinajstić information content (AvgIpc) is 2.70. The van der Waals surface area contributed by atoms with Crippen LogP contribution in [-0.2, 0) is 9.59 Å². The molecule has 1 aliphatic heterocycles. The lowest BCUT2D eigenvalue weighted by Gasteiger charge is -2.09. The standard InChI is InChI=1S/C10H7NO4S/c1-5-4-8(16-9(5)10(14)15)11-6(12)2-3-7(11)13/h2-4H,1H3,(H,14,15). The third-order valence-corrected chi connectivity index (χ3v) is 3.34. The van der Waals surface area contributed by atoms with Crippen molar-refractivity contribution in [2.45, 2.75) is 6.92 Å². The van der Waals surface area contributed by atoms with Gasteiger partial charge in [-0.05, 0) is 18.6 Å². The monoisotopic (exact) mass is 237 g/mol. The third kappa shape index (κ3) is 1.53. The van der Waals surface area contributed by atoms with Gasteiger partial charge < -0.3 is 5.11 Å². The van der Waals surface area contributed by atoms with Gasteiger partial charge in [0, 0.05) is 12.2 Å². The highest BCUT2D eigenvalue weighted by Crippen LogP contribution is 2.31. The number of carbonyl (C=O) groups is 3. The van der Waals surface area contributed by atoms with Crippen molar-refractivity contribution in [1.29, 1.82) is 0 Å². The van der Waals surface area contributed by atoms with Crippen molar-refractivity contribution in [1.82, 2.24) is 0 Å². The second kappa shape index (κ2) is 3.57. The molecule has 0 fully saturated rings. The number of thiophene rings is 1. The Balaban J connectivity index is 2.43. The molecule has 16 heavy (non-hydrogen) atoms. The van der Waals surface area contributed by atoms with Crippen LogP contribution in [0.15, 0.2) is 18.2 Å². The molecule has 1 N–H and O–H groups in total. The summed E-state index contributed by atoms with van der Waals surface area (Å²) >= 11 is 0.917. The summed E-state index contributed by atoms with van der Waals surface area (Å²) in [6.07, 6.45) is 2.33. The maximum atomic E-state index is 11.4. The molecule has 0 radical (unpaired) electrons. The van der Waals surface area contributed by atoms with Gasteiger partial charge in [0.1, 0.15) is 9.88 Å². The van der Waals surface area contributed by atoms with E-state index in [-0.39, 0.29) is 4.88 Å². The van der Waals surface area contributed by atoms with E-state index in [4.69, 9.17) is 5.11 Å². The lowest BCUT2D eigenvalue weighted by atomic mass is 10.3. The van der Waals surface area contributed by atoms with Crippen molar-refractivity contribution in [3.05, 3.63) is 28.7 Å². The summed E-state index contributed by atoms with van der Waals surface area (Å²) in [5, 5.41) is 9.20. The number of carbonyl (C=O) groups excluding carboxylic acids is 2. The first-order valence-corrected chi connectivity index (χ1v) is 5.22. The maximum Gasteiger partial charge on any atom is 0.346 e. The molecule has 0 spiro atoms. The Morgan fingerprint density at radius 1 is 1.31 bits per heavy atom. The number of imide groups is 1. The predicted octanol–water partition coefficient (Wildman–Crippen LogP) is 1.18. The van der Waals surface area contributed by atoms with Gasteiger partial charge in [-0.3, -0.25) is 9.59 Å². The molecular formula is C10H7NO4S. The van der Waals surface area contributed by atoms with E-state index in [1.54, 1.807) is 6.92 Å². The number of nitrogens with zero attached hydrogens (tertiary/aromatic N) is 1. The van der Waals surface area contributed by atoms with Crippen LogP contribution >= 0.6 is 11.3 Å². The Kier molecular flexibility index (Phi) is 2.35. The molecule has 0 atom stereocenters. The molecule has 0 bridgehead atoms. The molecule has 82 valence electrons. The molecule has 0 saturated heterocycles. The van der Waals surface area contributed by atoms with Crippen LogP contribution in [0.2, 0.25) is 0 Å². The van der Waals surface area contributed by atoms with E-state index in [9.17, 15) is 14.4 Å². The third-order valence-electron chi connectivity index (χ3n) is 2.13. The fourth-order valence-corrected chi connectivity index (χ4v) is 2.43. The zero-order valence-corrected chi connectivity index (χ0v) is 9.08. The molecule has 0 saturated carbocycles. The summed E-state index contributed by atoms with van der Waals surface area (Å²) in [6.45, 7) is 1.63. The summed E-state index contributed by atoms with van der Waals surface area (Å²) < 4.78 is 0. The van der Waals surface area contributed by atoms with Crippen LogP contribution in [0.1, 0.15) is 15.2 Å². The lowest BCUT2D eigenvalue weighted by molar-refractivity contribution is -0.119. The van der Waals surface area contributed by atoms with E-state index in [2.05, 4.69) is 0 Å². The molecule has 0 aromatic carbocycles. The minimum atomic E-state index is -1.05. The van der Waals surface area contributed by atoms with E-state index in [0.29, 0.717) is 10.6 Å². The molecule has 0 unspecified atom stereocenters. The van der Waals surface area contributed by atoms with Gasteiger partial charge >= 0.3 is 5.97 Å². The van der Waals surface area contributed by atoms with Gasteiger partial charge in [0.2, 0.25) is 0 Å². The van der Waals surface area contributed by atoms with Crippen LogP contribution in [0.5, 0.6) is 0 Å². The number of rotatable bonds is 2. The van der Waals surface area contributed by atoms with Crippen LogP contribution < -0.4 is 4.90 Å². The Labute approximate surface area is 94.6 Å². The molecule has 1 aromatic rings. The number of amides is 2. The van der Waals surface area contributed by atoms with Crippen molar-refractivity contribution in [2.75, 3.05) is 4.90 Å². The second-order valence-electron chi connectivity index (χ2n) is 3.25. The molecule has 0 aliphatic carbocycles. The molecule has 1 aromatic heterocycles. The van der Waals surface area contributed by atoms with E-state index < -0.39 is 17.8 Å². The van der Waals surface area contributed by atoms with Gasteiger partial charge in [-0.25, -0.2) is 9.69 Å². The highest BCUT2D eigenvalue weighted by atomic mass is 32.1. The summed E-state index contributed by atoms with van der Waals surface area (Å²) in [5.41, 5.74) is 0.542. The quantitative estimate of drug-likeness (QED) is 0.784. The zero-order chi connectivity index (χ0) is 11.9. The van der Waals surface area contributed by atoms with Gasteiger partial charge in [-0.2, -0.15) is 0 Å². The van der Waals surface area contributed by atoms with E-state index in [1.165, 1.54) is 6.07 Å². The minimum absolute atomic E-state index is 0.141. The highest BCUT2D eigenvalue weighted by molar-refractivity contribution is 7.18. The van der Waals surface area contributed by atoms with Crippen LogP contribution in [-0.4, -0.2) is 22.9 Å². The van der Waals surface area contributed by atoms with Crippen LogP contribution in [0.25, 0.3) is 0 Å². The fourth-order valence-electron chi connectivity index (χ4n) is 1.41. The molecule has 5 nitrogen and oxygen atoms in total. The highest BCUT2D eigenvalue weighted by Gasteiger charge is 2.28. The maximum absolute atomic E-state index is 11.4. The number of anilines is 1. The summed E-state index contributed by atoms with van der Waals surface area (Å²) in [6, 6.07) is 1.52. The Hall–Kier alpha value is -1.95. The first kappa shape index (κ1) is 10.6. The molecule has 1 aliphatic rings. The SMILES string of the molecule is Cc1cc(N2C(=O)C=CC2=O)sc1C(=O)O. The van der Waals surface area contributed by atoms with Gasteiger partial charge in [-0.15, -0.1) is 11.3 Å². The van der Waals surface area contributed by atoms with Crippen LogP contribution in [0, 0.1) is 6.92 Å². The predicted molar refractivity (Wildman–Crippen MR) is 57.6 cm³/mol. The normalized spacial score (nSPS) is 14.9. The molecular weight excluding hydrogens is 230 g/mol. The number of aryl methyl sites for hydroxylation is 1. The Morgan fingerprint density at radius 2 is 1.88 bits per heavy atom.